The molecule has 25 heavy (non-hydrogen) atoms. The molecule has 1 atom stereocenters. The lowest BCUT2D eigenvalue weighted by molar-refractivity contribution is -0.127. The van der Waals surface area contributed by atoms with Gasteiger partial charge in [0.25, 0.3) is 5.91 Å². The van der Waals surface area contributed by atoms with Crippen molar-refractivity contribution in [2.75, 3.05) is 19.0 Å². The number of benzene rings is 2. The molecule has 5 heteroatoms. The Labute approximate surface area is 147 Å². The molecule has 130 valence electrons. The van der Waals surface area contributed by atoms with Gasteiger partial charge < -0.3 is 19.5 Å². The molecule has 0 aromatic heterocycles. The Morgan fingerprint density at radius 2 is 1.96 bits per heavy atom. The maximum atomic E-state index is 12.2. The Bertz CT molecular complexity index is 751. The van der Waals surface area contributed by atoms with Gasteiger partial charge in [0, 0.05) is 11.8 Å². The number of hydrogen-bond acceptors (Lipinski definition) is 4. The monoisotopic (exact) mass is 339 g/mol. The van der Waals surface area contributed by atoms with E-state index in [1.54, 1.807) is 38.3 Å². The van der Waals surface area contributed by atoms with Crippen LogP contribution in [0.2, 0.25) is 0 Å². The molecule has 0 heterocycles. The average Bonchev–Trinajstić information content (AvgIpc) is 2.64. The first-order valence-electron chi connectivity index (χ1n) is 7.84. The van der Waals surface area contributed by atoms with Crippen molar-refractivity contribution in [1.29, 1.82) is 0 Å². The lowest BCUT2D eigenvalue weighted by Crippen LogP contribution is -2.27. The van der Waals surface area contributed by atoms with E-state index in [-0.39, 0.29) is 12.5 Å². The van der Waals surface area contributed by atoms with Crippen LogP contribution in [0.5, 0.6) is 11.5 Å². The van der Waals surface area contributed by atoms with Crippen LogP contribution >= 0.6 is 0 Å². The third-order valence-electron chi connectivity index (χ3n) is 3.43. The predicted octanol–water partition coefficient (Wildman–Crippen LogP) is 3.25. The van der Waals surface area contributed by atoms with E-state index in [0.29, 0.717) is 18.0 Å². The lowest BCUT2D eigenvalue weighted by Gasteiger charge is -2.14. The number of carbonyl (C=O) groups is 1. The highest BCUT2D eigenvalue weighted by molar-refractivity contribution is 5.94. The summed E-state index contributed by atoms with van der Waals surface area (Å²) in [5, 5.41) is 2.80. The summed E-state index contributed by atoms with van der Waals surface area (Å²) in [7, 11) is 1.61. The second-order valence-electron chi connectivity index (χ2n) is 5.31. The minimum absolute atomic E-state index is 0.178. The second-order valence-corrected chi connectivity index (χ2v) is 5.31. The van der Waals surface area contributed by atoms with Crippen LogP contribution in [0, 0.1) is 12.3 Å². The zero-order valence-electron chi connectivity index (χ0n) is 14.3. The first kappa shape index (κ1) is 18.4. The van der Waals surface area contributed by atoms with Gasteiger partial charge in [-0.25, -0.2) is 0 Å². The van der Waals surface area contributed by atoms with E-state index in [1.807, 2.05) is 24.3 Å². The van der Waals surface area contributed by atoms with Crippen LogP contribution in [-0.4, -0.2) is 25.7 Å². The Morgan fingerprint density at radius 3 is 2.72 bits per heavy atom. The summed E-state index contributed by atoms with van der Waals surface area (Å²) in [6.07, 6.45) is 4.56. The smallest absolute Gasteiger partial charge is 0.253 e. The van der Waals surface area contributed by atoms with Crippen molar-refractivity contribution in [2.45, 2.75) is 19.6 Å². The van der Waals surface area contributed by atoms with Crippen molar-refractivity contribution in [3.05, 3.63) is 54.1 Å². The highest BCUT2D eigenvalue weighted by Gasteiger charge is 2.14. The zero-order valence-corrected chi connectivity index (χ0v) is 14.3. The summed E-state index contributed by atoms with van der Waals surface area (Å²) >= 11 is 0. The molecular weight excluding hydrogens is 318 g/mol. The van der Waals surface area contributed by atoms with Gasteiger partial charge in [-0.15, -0.1) is 6.42 Å². The molecule has 0 aliphatic heterocycles. The summed E-state index contributed by atoms with van der Waals surface area (Å²) in [6, 6.07) is 14.6. The van der Waals surface area contributed by atoms with Gasteiger partial charge in [0.1, 0.15) is 24.2 Å². The third kappa shape index (κ3) is 5.87. The number of methoxy groups -OCH3 is 1. The molecule has 2 aromatic rings. The van der Waals surface area contributed by atoms with E-state index in [2.05, 4.69) is 11.2 Å². The largest absolute Gasteiger partial charge is 0.497 e. The van der Waals surface area contributed by atoms with Crippen LogP contribution in [0.3, 0.4) is 0 Å². The fourth-order valence-electron chi connectivity index (χ4n) is 2.09. The van der Waals surface area contributed by atoms with Crippen molar-refractivity contribution in [3.63, 3.8) is 0 Å². The van der Waals surface area contributed by atoms with E-state index in [9.17, 15) is 4.79 Å². The number of anilines is 1. The summed E-state index contributed by atoms with van der Waals surface area (Å²) in [5.41, 5.74) is 1.56. The SMILES string of the molecule is C#CCOc1cccc(NC(=O)C(C)OCc2cccc(OC)c2)c1. The minimum Gasteiger partial charge on any atom is -0.497 e. The Hall–Kier alpha value is -2.97. The average molecular weight is 339 g/mol. The molecule has 1 unspecified atom stereocenters. The van der Waals surface area contributed by atoms with Gasteiger partial charge in [-0.1, -0.05) is 24.1 Å². The van der Waals surface area contributed by atoms with Crippen molar-refractivity contribution >= 4 is 11.6 Å². The van der Waals surface area contributed by atoms with Crippen LogP contribution in [0.25, 0.3) is 0 Å². The lowest BCUT2D eigenvalue weighted by atomic mass is 10.2. The molecule has 0 aliphatic rings. The number of carbonyl (C=O) groups excluding carboxylic acids is 1. The molecule has 0 aliphatic carbocycles. The maximum Gasteiger partial charge on any atom is 0.253 e. The first-order chi connectivity index (χ1) is 12.1. The molecule has 0 spiro atoms. The van der Waals surface area contributed by atoms with Crippen molar-refractivity contribution in [3.8, 4) is 23.8 Å². The standard InChI is InChI=1S/C20H21NO4/c1-4-11-24-19-10-6-8-17(13-19)21-20(22)15(2)25-14-16-7-5-9-18(12-16)23-3/h1,5-10,12-13,15H,11,14H2,2-3H3,(H,21,22). The molecule has 0 bridgehead atoms. The van der Waals surface area contributed by atoms with Gasteiger partial charge in [0.2, 0.25) is 0 Å². The van der Waals surface area contributed by atoms with Crippen LogP contribution in [0.4, 0.5) is 5.69 Å². The van der Waals surface area contributed by atoms with Crippen molar-refractivity contribution in [1.82, 2.24) is 0 Å². The number of rotatable bonds is 8. The molecule has 0 radical (unpaired) electrons. The predicted molar refractivity (Wildman–Crippen MR) is 96.6 cm³/mol. The van der Waals surface area contributed by atoms with Gasteiger partial charge in [-0.3, -0.25) is 4.79 Å². The fourth-order valence-corrected chi connectivity index (χ4v) is 2.09. The summed E-state index contributed by atoms with van der Waals surface area (Å²) in [6.45, 7) is 2.20. The van der Waals surface area contributed by atoms with E-state index >= 15 is 0 Å². The van der Waals surface area contributed by atoms with Gasteiger partial charge in [-0.2, -0.15) is 0 Å². The molecular formula is C20H21NO4. The number of nitrogens with one attached hydrogen (secondary N) is 1. The Balaban J connectivity index is 1.88. The Morgan fingerprint density at radius 1 is 1.20 bits per heavy atom. The molecule has 0 saturated heterocycles. The van der Waals surface area contributed by atoms with Crippen molar-refractivity contribution in [2.24, 2.45) is 0 Å². The molecule has 5 nitrogen and oxygen atoms in total. The van der Waals surface area contributed by atoms with E-state index in [0.717, 1.165) is 11.3 Å². The quantitative estimate of drug-likeness (QED) is 0.750. The zero-order chi connectivity index (χ0) is 18.1. The first-order valence-corrected chi connectivity index (χ1v) is 7.84. The van der Waals surface area contributed by atoms with E-state index in [1.165, 1.54) is 0 Å². The minimum atomic E-state index is -0.610. The molecule has 2 rings (SSSR count). The topological polar surface area (TPSA) is 56.8 Å². The molecule has 2 aromatic carbocycles. The number of terminal acetylenes is 1. The van der Waals surface area contributed by atoms with Crippen molar-refractivity contribution < 1.29 is 19.0 Å². The third-order valence-corrected chi connectivity index (χ3v) is 3.43. The van der Waals surface area contributed by atoms with Gasteiger partial charge in [-0.05, 0) is 36.8 Å². The van der Waals surface area contributed by atoms with Gasteiger partial charge in [0.05, 0.1) is 13.7 Å². The number of ether oxygens (including phenoxy) is 3. The highest BCUT2D eigenvalue weighted by atomic mass is 16.5. The molecule has 1 N–H and O–H groups in total. The molecule has 1 amide bonds. The van der Waals surface area contributed by atoms with Crippen LogP contribution in [0.15, 0.2) is 48.5 Å². The summed E-state index contributed by atoms with van der Waals surface area (Å²) in [4.78, 5) is 12.2. The van der Waals surface area contributed by atoms with Crippen LogP contribution < -0.4 is 14.8 Å². The van der Waals surface area contributed by atoms with Crippen LogP contribution in [-0.2, 0) is 16.1 Å². The van der Waals surface area contributed by atoms with Gasteiger partial charge in [0.15, 0.2) is 0 Å². The van der Waals surface area contributed by atoms with E-state index in [4.69, 9.17) is 20.6 Å². The van der Waals surface area contributed by atoms with Gasteiger partial charge >= 0.3 is 0 Å². The normalized spacial score (nSPS) is 11.2. The molecule has 0 fully saturated rings. The number of hydrogen-bond donors (Lipinski definition) is 1. The summed E-state index contributed by atoms with van der Waals surface area (Å²) < 4.78 is 16.1. The fraction of sp³-hybridized carbons (Fsp3) is 0.250. The summed E-state index contributed by atoms with van der Waals surface area (Å²) in [5.74, 6) is 3.51. The number of amides is 1. The second kappa shape index (κ2) is 9.36. The molecule has 0 saturated carbocycles. The highest BCUT2D eigenvalue weighted by Crippen LogP contribution is 2.18. The Kier molecular flexibility index (Phi) is 6.87. The van der Waals surface area contributed by atoms with E-state index < -0.39 is 6.10 Å². The van der Waals surface area contributed by atoms with Crippen LogP contribution in [0.1, 0.15) is 12.5 Å². The maximum absolute atomic E-state index is 12.2.